The highest BCUT2D eigenvalue weighted by atomic mass is 16.2. The largest absolute Gasteiger partial charge is 0.345 e. The molecule has 0 aromatic carbocycles. The number of hydrogen-bond acceptors (Lipinski definition) is 3. The van der Waals surface area contributed by atoms with E-state index in [9.17, 15) is 4.79 Å². The lowest BCUT2D eigenvalue weighted by atomic mass is 9.87. The van der Waals surface area contributed by atoms with Crippen LogP contribution in [0.2, 0.25) is 0 Å². The van der Waals surface area contributed by atoms with Gasteiger partial charge >= 0.3 is 0 Å². The molecular formula is C13H27N3O. The Bertz CT molecular complexity index is 265. The third-order valence-electron chi connectivity index (χ3n) is 3.72. The normalized spacial score (nSPS) is 21.8. The predicted octanol–water partition coefficient (Wildman–Crippen LogP) is 0.772. The Morgan fingerprint density at radius 2 is 2.18 bits per heavy atom. The minimum absolute atomic E-state index is 0.220. The van der Waals surface area contributed by atoms with Crippen molar-refractivity contribution in [1.82, 2.24) is 9.80 Å². The molecule has 1 fully saturated rings. The molecule has 0 bridgehead atoms. The van der Waals surface area contributed by atoms with E-state index >= 15 is 0 Å². The summed E-state index contributed by atoms with van der Waals surface area (Å²) >= 11 is 0. The van der Waals surface area contributed by atoms with Gasteiger partial charge in [-0.25, -0.2) is 0 Å². The van der Waals surface area contributed by atoms with E-state index in [-0.39, 0.29) is 11.3 Å². The van der Waals surface area contributed by atoms with Gasteiger partial charge in [-0.15, -0.1) is 0 Å². The monoisotopic (exact) mass is 241 g/mol. The first-order valence-electron chi connectivity index (χ1n) is 6.51. The van der Waals surface area contributed by atoms with Crippen molar-refractivity contribution in [3.63, 3.8) is 0 Å². The Hall–Kier alpha value is -0.610. The van der Waals surface area contributed by atoms with E-state index in [1.807, 2.05) is 25.8 Å². The molecule has 1 rings (SSSR count). The van der Waals surface area contributed by atoms with Gasteiger partial charge < -0.3 is 15.5 Å². The maximum atomic E-state index is 12.3. The van der Waals surface area contributed by atoms with E-state index in [4.69, 9.17) is 5.73 Å². The molecule has 0 aromatic heterocycles. The quantitative estimate of drug-likeness (QED) is 0.773. The van der Waals surface area contributed by atoms with Gasteiger partial charge in [0.05, 0.1) is 0 Å². The molecule has 1 unspecified atom stereocenters. The minimum Gasteiger partial charge on any atom is -0.345 e. The molecule has 100 valence electrons. The standard InChI is InChI=1S/C13H27N3O/c1-13(2,6-7-14)12(17)16(4)10-11-5-8-15(3)9-11/h11H,5-10,14H2,1-4H3. The second-order valence-corrected chi connectivity index (χ2v) is 6.03. The van der Waals surface area contributed by atoms with Crippen LogP contribution in [0.15, 0.2) is 0 Å². The maximum Gasteiger partial charge on any atom is 0.228 e. The summed E-state index contributed by atoms with van der Waals surface area (Å²) in [5, 5.41) is 0. The first kappa shape index (κ1) is 14.5. The fraction of sp³-hybridized carbons (Fsp3) is 0.923. The molecule has 4 nitrogen and oxygen atoms in total. The van der Waals surface area contributed by atoms with Crippen LogP contribution < -0.4 is 5.73 Å². The van der Waals surface area contributed by atoms with Gasteiger partial charge in [0, 0.05) is 25.6 Å². The van der Waals surface area contributed by atoms with Crippen molar-refractivity contribution in [1.29, 1.82) is 0 Å². The lowest BCUT2D eigenvalue weighted by Crippen LogP contribution is -2.42. The van der Waals surface area contributed by atoms with Gasteiger partial charge in [-0.1, -0.05) is 13.8 Å². The molecule has 0 aromatic rings. The van der Waals surface area contributed by atoms with Gasteiger partial charge in [-0.05, 0) is 38.9 Å². The Morgan fingerprint density at radius 1 is 1.53 bits per heavy atom. The van der Waals surface area contributed by atoms with E-state index in [2.05, 4.69) is 11.9 Å². The lowest BCUT2D eigenvalue weighted by Gasteiger charge is -2.30. The van der Waals surface area contributed by atoms with Gasteiger partial charge in [0.15, 0.2) is 0 Å². The molecule has 1 saturated heterocycles. The number of likely N-dealkylation sites (tertiary alicyclic amines) is 1. The van der Waals surface area contributed by atoms with E-state index in [1.165, 1.54) is 6.42 Å². The number of nitrogens with two attached hydrogens (primary N) is 1. The van der Waals surface area contributed by atoms with Gasteiger partial charge in [0.2, 0.25) is 5.91 Å². The fourth-order valence-electron chi connectivity index (χ4n) is 2.63. The van der Waals surface area contributed by atoms with Gasteiger partial charge in [-0.3, -0.25) is 4.79 Å². The summed E-state index contributed by atoms with van der Waals surface area (Å²) in [6.45, 7) is 7.67. The van der Waals surface area contributed by atoms with Crippen LogP contribution in [-0.4, -0.2) is 56.0 Å². The Kier molecular flexibility index (Phi) is 4.95. The summed E-state index contributed by atoms with van der Waals surface area (Å²) in [6.07, 6.45) is 1.95. The van der Waals surface area contributed by atoms with E-state index in [0.717, 1.165) is 26.1 Å². The number of carbonyl (C=O) groups is 1. The highest BCUT2D eigenvalue weighted by molar-refractivity contribution is 5.81. The summed E-state index contributed by atoms with van der Waals surface area (Å²) < 4.78 is 0. The molecule has 0 saturated carbocycles. The van der Waals surface area contributed by atoms with E-state index in [1.54, 1.807) is 0 Å². The summed E-state index contributed by atoms with van der Waals surface area (Å²) in [7, 11) is 4.05. The maximum absolute atomic E-state index is 12.3. The number of carbonyl (C=O) groups excluding carboxylic acids is 1. The first-order valence-corrected chi connectivity index (χ1v) is 6.51. The Labute approximate surface area is 105 Å². The molecule has 4 heteroatoms. The molecule has 1 aliphatic heterocycles. The van der Waals surface area contributed by atoms with Crippen LogP contribution in [-0.2, 0) is 4.79 Å². The first-order chi connectivity index (χ1) is 7.86. The topological polar surface area (TPSA) is 49.6 Å². The zero-order chi connectivity index (χ0) is 13.1. The summed E-state index contributed by atoms with van der Waals surface area (Å²) in [4.78, 5) is 16.5. The molecular weight excluding hydrogens is 214 g/mol. The van der Waals surface area contributed by atoms with Crippen molar-refractivity contribution in [2.45, 2.75) is 26.7 Å². The van der Waals surface area contributed by atoms with Crippen molar-refractivity contribution in [2.75, 3.05) is 40.3 Å². The van der Waals surface area contributed by atoms with Crippen LogP contribution in [0, 0.1) is 11.3 Å². The minimum atomic E-state index is -0.325. The number of hydrogen-bond donors (Lipinski definition) is 1. The van der Waals surface area contributed by atoms with Crippen molar-refractivity contribution in [2.24, 2.45) is 17.1 Å². The molecule has 2 N–H and O–H groups in total. The fourth-order valence-corrected chi connectivity index (χ4v) is 2.63. The van der Waals surface area contributed by atoms with Crippen LogP contribution >= 0.6 is 0 Å². The smallest absolute Gasteiger partial charge is 0.228 e. The molecule has 0 aliphatic carbocycles. The van der Waals surface area contributed by atoms with Crippen molar-refractivity contribution < 1.29 is 4.79 Å². The van der Waals surface area contributed by atoms with Crippen molar-refractivity contribution >= 4 is 5.91 Å². The predicted molar refractivity (Wildman–Crippen MR) is 70.7 cm³/mol. The van der Waals surface area contributed by atoms with Gasteiger partial charge in [0.25, 0.3) is 0 Å². The van der Waals surface area contributed by atoms with Crippen LogP contribution in [0.1, 0.15) is 26.7 Å². The molecule has 0 radical (unpaired) electrons. The lowest BCUT2D eigenvalue weighted by molar-refractivity contribution is -0.139. The molecule has 1 amide bonds. The molecule has 1 aliphatic rings. The summed E-state index contributed by atoms with van der Waals surface area (Å²) in [6, 6.07) is 0. The molecule has 0 spiro atoms. The number of nitrogens with zero attached hydrogens (tertiary/aromatic N) is 2. The number of amides is 1. The molecule has 1 atom stereocenters. The van der Waals surface area contributed by atoms with Crippen LogP contribution in [0.5, 0.6) is 0 Å². The van der Waals surface area contributed by atoms with E-state index in [0.29, 0.717) is 12.5 Å². The third kappa shape index (κ3) is 3.96. The highest BCUT2D eigenvalue weighted by Crippen LogP contribution is 2.24. The van der Waals surface area contributed by atoms with Crippen molar-refractivity contribution in [3.8, 4) is 0 Å². The summed E-state index contributed by atoms with van der Waals surface area (Å²) in [5.74, 6) is 0.847. The highest BCUT2D eigenvalue weighted by Gasteiger charge is 2.31. The van der Waals surface area contributed by atoms with Crippen LogP contribution in [0.4, 0.5) is 0 Å². The number of rotatable bonds is 5. The zero-order valence-electron chi connectivity index (χ0n) is 11.7. The SMILES string of the molecule is CN1CCC(CN(C)C(=O)C(C)(C)CCN)C1. The summed E-state index contributed by atoms with van der Waals surface area (Å²) in [5.41, 5.74) is 5.23. The molecule has 17 heavy (non-hydrogen) atoms. The zero-order valence-corrected chi connectivity index (χ0v) is 11.7. The van der Waals surface area contributed by atoms with Gasteiger partial charge in [-0.2, -0.15) is 0 Å². The molecule has 1 heterocycles. The second-order valence-electron chi connectivity index (χ2n) is 6.03. The van der Waals surface area contributed by atoms with E-state index < -0.39 is 0 Å². The average Bonchev–Trinajstić information content (AvgIpc) is 2.62. The van der Waals surface area contributed by atoms with Crippen molar-refractivity contribution in [3.05, 3.63) is 0 Å². The van der Waals surface area contributed by atoms with Crippen LogP contribution in [0.3, 0.4) is 0 Å². The Balaban J connectivity index is 2.46. The van der Waals surface area contributed by atoms with Crippen LogP contribution in [0.25, 0.3) is 0 Å². The second kappa shape index (κ2) is 5.83. The third-order valence-corrected chi connectivity index (χ3v) is 3.72. The average molecular weight is 241 g/mol. The Morgan fingerprint density at radius 3 is 2.65 bits per heavy atom. The van der Waals surface area contributed by atoms with Gasteiger partial charge in [0.1, 0.15) is 0 Å².